The number of halogens is 2. The van der Waals surface area contributed by atoms with E-state index in [0.717, 1.165) is 23.8 Å². The normalized spacial score (nSPS) is 12.0. The molecule has 0 unspecified atom stereocenters. The van der Waals surface area contributed by atoms with Crippen LogP contribution in [0.15, 0.2) is 73.1 Å². The summed E-state index contributed by atoms with van der Waals surface area (Å²) in [5.41, 5.74) is 0.848. The maximum Gasteiger partial charge on any atom is 0.244 e. The fourth-order valence-electron chi connectivity index (χ4n) is 2.54. The van der Waals surface area contributed by atoms with Crippen molar-refractivity contribution in [1.29, 1.82) is 0 Å². The van der Waals surface area contributed by atoms with Gasteiger partial charge in [0.1, 0.15) is 23.1 Å². The van der Waals surface area contributed by atoms with E-state index in [1.807, 2.05) is 31.2 Å². The summed E-state index contributed by atoms with van der Waals surface area (Å²) in [5.74, 6) is -0.303. The molecule has 0 spiro atoms. The number of pyridine rings is 1. The zero-order valence-electron chi connectivity index (χ0n) is 15.1. The van der Waals surface area contributed by atoms with E-state index in [-0.39, 0.29) is 11.6 Å². The molecule has 1 atom stereocenters. The van der Waals surface area contributed by atoms with Gasteiger partial charge < -0.3 is 10.1 Å². The molecule has 0 aliphatic rings. The molecule has 4 nitrogen and oxygen atoms in total. The number of ether oxygens (including phenoxy) is 1. The maximum absolute atomic E-state index is 13.6. The van der Waals surface area contributed by atoms with Crippen LogP contribution in [0.5, 0.6) is 11.5 Å². The SMILES string of the molecule is C[C@@H](NC(=O)/C=C/c1cc(F)ccc1F)c1cccc(Oc2ccncc2)c1. The second-order valence-electron chi connectivity index (χ2n) is 6.09. The highest BCUT2D eigenvalue weighted by Gasteiger charge is 2.09. The summed E-state index contributed by atoms with van der Waals surface area (Å²) in [5, 5.41) is 2.78. The molecule has 6 heteroatoms. The molecular weight excluding hydrogens is 362 g/mol. The Morgan fingerprint density at radius 2 is 1.86 bits per heavy atom. The lowest BCUT2D eigenvalue weighted by Crippen LogP contribution is -2.24. The van der Waals surface area contributed by atoms with Gasteiger partial charge in [-0.05, 0) is 61.0 Å². The van der Waals surface area contributed by atoms with Crippen molar-refractivity contribution < 1.29 is 18.3 Å². The van der Waals surface area contributed by atoms with Crippen LogP contribution in [0.1, 0.15) is 24.1 Å². The minimum absolute atomic E-state index is 0.00977. The van der Waals surface area contributed by atoms with E-state index in [0.29, 0.717) is 11.5 Å². The molecule has 1 N–H and O–H groups in total. The summed E-state index contributed by atoms with van der Waals surface area (Å²) < 4.78 is 32.5. The fourth-order valence-corrected chi connectivity index (χ4v) is 2.54. The first-order chi connectivity index (χ1) is 13.5. The first kappa shape index (κ1) is 19.2. The van der Waals surface area contributed by atoms with Crippen LogP contribution in [0.25, 0.3) is 6.08 Å². The van der Waals surface area contributed by atoms with Crippen molar-refractivity contribution >= 4 is 12.0 Å². The van der Waals surface area contributed by atoms with Crippen molar-refractivity contribution in [3.63, 3.8) is 0 Å². The average molecular weight is 380 g/mol. The molecule has 0 fully saturated rings. The summed E-state index contributed by atoms with van der Waals surface area (Å²) in [6.45, 7) is 1.82. The predicted octanol–water partition coefficient (Wildman–Crippen LogP) is 5.04. The minimum atomic E-state index is -0.598. The van der Waals surface area contributed by atoms with Gasteiger partial charge in [0, 0.05) is 24.0 Å². The molecule has 1 heterocycles. The van der Waals surface area contributed by atoms with Crippen LogP contribution >= 0.6 is 0 Å². The van der Waals surface area contributed by atoms with Gasteiger partial charge >= 0.3 is 0 Å². The summed E-state index contributed by atoms with van der Waals surface area (Å²) >= 11 is 0. The molecule has 0 bridgehead atoms. The number of benzene rings is 2. The van der Waals surface area contributed by atoms with E-state index in [4.69, 9.17) is 4.74 Å². The topological polar surface area (TPSA) is 51.2 Å². The Bertz CT molecular complexity index is 991. The number of amides is 1. The van der Waals surface area contributed by atoms with E-state index < -0.39 is 17.5 Å². The zero-order valence-corrected chi connectivity index (χ0v) is 15.1. The number of rotatable bonds is 6. The quantitative estimate of drug-likeness (QED) is 0.610. The van der Waals surface area contributed by atoms with Gasteiger partial charge in [0.05, 0.1) is 6.04 Å². The van der Waals surface area contributed by atoms with Gasteiger partial charge in [0.25, 0.3) is 0 Å². The van der Waals surface area contributed by atoms with Gasteiger partial charge in [-0.3, -0.25) is 9.78 Å². The third kappa shape index (κ3) is 5.23. The molecule has 28 heavy (non-hydrogen) atoms. The number of hydrogen-bond donors (Lipinski definition) is 1. The summed E-state index contributed by atoms with van der Waals surface area (Å²) in [6, 6.07) is 13.6. The maximum atomic E-state index is 13.6. The van der Waals surface area contributed by atoms with Crippen molar-refractivity contribution in [2.75, 3.05) is 0 Å². The van der Waals surface area contributed by atoms with Gasteiger partial charge in [0.2, 0.25) is 5.91 Å². The number of nitrogens with zero attached hydrogens (tertiary/aromatic N) is 1. The molecule has 1 amide bonds. The van der Waals surface area contributed by atoms with Gasteiger partial charge in [-0.2, -0.15) is 0 Å². The number of carbonyl (C=O) groups is 1. The molecule has 142 valence electrons. The Morgan fingerprint density at radius 3 is 2.64 bits per heavy atom. The van der Waals surface area contributed by atoms with E-state index in [2.05, 4.69) is 10.3 Å². The monoisotopic (exact) mass is 380 g/mol. The van der Waals surface area contributed by atoms with E-state index in [1.165, 1.54) is 12.2 Å². The van der Waals surface area contributed by atoms with Crippen LogP contribution < -0.4 is 10.1 Å². The Balaban J connectivity index is 1.64. The van der Waals surface area contributed by atoms with Crippen molar-refractivity contribution in [2.24, 2.45) is 0 Å². The lowest BCUT2D eigenvalue weighted by atomic mass is 10.1. The zero-order chi connectivity index (χ0) is 19.9. The van der Waals surface area contributed by atoms with Crippen LogP contribution in [0.3, 0.4) is 0 Å². The summed E-state index contributed by atoms with van der Waals surface area (Å²) in [4.78, 5) is 16.1. The predicted molar refractivity (Wildman–Crippen MR) is 103 cm³/mol. The molecule has 3 rings (SSSR count). The van der Waals surface area contributed by atoms with Gasteiger partial charge in [-0.25, -0.2) is 8.78 Å². The Hall–Kier alpha value is -3.54. The van der Waals surface area contributed by atoms with Crippen LogP contribution in [-0.2, 0) is 4.79 Å². The first-order valence-electron chi connectivity index (χ1n) is 8.63. The van der Waals surface area contributed by atoms with Crippen molar-refractivity contribution in [3.8, 4) is 11.5 Å². The Labute approximate surface area is 161 Å². The number of nitrogens with one attached hydrogen (secondary N) is 1. The molecule has 0 saturated carbocycles. The number of aromatic nitrogens is 1. The lowest BCUT2D eigenvalue weighted by Gasteiger charge is -2.14. The largest absolute Gasteiger partial charge is 0.457 e. The standard InChI is InChI=1S/C22H18F2N2O2/c1-15(26-22(27)8-5-17-13-18(23)6-7-21(17)24)16-3-2-4-20(14-16)28-19-9-11-25-12-10-19/h2-15H,1H3,(H,26,27)/b8-5+/t15-/m1/s1. The molecule has 0 aliphatic carbocycles. The van der Waals surface area contributed by atoms with Crippen molar-refractivity contribution in [2.45, 2.75) is 13.0 Å². The smallest absolute Gasteiger partial charge is 0.244 e. The molecular formula is C22H18F2N2O2. The molecule has 1 aromatic heterocycles. The number of hydrogen-bond acceptors (Lipinski definition) is 3. The van der Waals surface area contributed by atoms with Gasteiger partial charge in [-0.1, -0.05) is 12.1 Å². The fraction of sp³-hybridized carbons (Fsp3) is 0.0909. The molecule has 3 aromatic rings. The minimum Gasteiger partial charge on any atom is -0.457 e. The van der Waals surface area contributed by atoms with Crippen LogP contribution in [0, 0.1) is 11.6 Å². The van der Waals surface area contributed by atoms with Gasteiger partial charge in [-0.15, -0.1) is 0 Å². The van der Waals surface area contributed by atoms with Crippen molar-refractivity contribution in [1.82, 2.24) is 10.3 Å². The van der Waals surface area contributed by atoms with Gasteiger partial charge in [0.15, 0.2) is 0 Å². The molecule has 0 saturated heterocycles. The highest BCUT2D eigenvalue weighted by Crippen LogP contribution is 2.24. The number of carbonyl (C=O) groups excluding carboxylic acids is 1. The second-order valence-corrected chi connectivity index (χ2v) is 6.09. The van der Waals surface area contributed by atoms with E-state index in [1.54, 1.807) is 24.5 Å². The van der Waals surface area contributed by atoms with Crippen LogP contribution in [-0.4, -0.2) is 10.9 Å². The lowest BCUT2D eigenvalue weighted by molar-refractivity contribution is -0.117. The van der Waals surface area contributed by atoms with E-state index in [9.17, 15) is 13.6 Å². The van der Waals surface area contributed by atoms with Crippen molar-refractivity contribution in [3.05, 3.63) is 95.8 Å². The highest BCUT2D eigenvalue weighted by atomic mass is 19.1. The average Bonchev–Trinajstić information content (AvgIpc) is 2.69. The van der Waals surface area contributed by atoms with E-state index >= 15 is 0 Å². The molecule has 0 radical (unpaired) electrons. The molecule has 2 aromatic carbocycles. The third-order valence-corrected chi connectivity index (χ3v) is 3.97. The summed E-state index contributed by atoms with van der Waals surface area (Å²) in [7, 11) is 0. The Kier molecular flexibility index (Phi) is 6.11. The highest BCUT2D eigenvalue weighted by molar-refractivity contribution is 5.92. The Morgan fingerprint density at radius 1 is 1.07 bits per heavy atom. The summed E-state index contributed by atoms with van der Waals surface area (Å²) in [6.07, 6.45) is 5.68. The van der Waals surface area contributed by atoms with Crippen LogP contribution in [0.2, 0.25) is 0 Å². The third-order valence-electron chi connectivity index (χ3n) is 3.97. The van der Waals surface area contributed by atoms with Crippen LogP contribution in [0.4, 0.5) is 8.78 Å². The second kappa shape index (κ2) is 8.90. The first-order valence-corrected chi connectivity index (χ1v) is 8.63. The molecule has 0 aliphatic heterocycles.